The Morgan fingerprint density at radius 3 is 2.67 bits per heavy atom. The molecule has 9 heteroatoms. The van der Waals surface area contributed by atoms with E-state index in [4.69, 9.17) is 16.3 Å². The summed E-state index contributed by atoms with van der Waals surface area (Å²) in [5.41, 5.74) is 1.54. The first kappa shape index (κ1) is 22.3. The minimum Gasteiger partial charge on any atom is -0.377 e. The lowest BCUT2D eigenvalue weighted by molar-refractivity contribution is -0.115. The van der Waals surface area contributed by atoms with Crippen molar-refractivity contribution in [2.24, 2.45) is 0 Å². The maximum Gasteiger partial charge on any atom is 0.228 e. The Balaban J connectivity index is 1.87. The minimum atomic E-state index is -3.53. The Morgan fingerprint density at radius 2 is 2.00 bits per heavy atom. The molecule has 0 radical (unpaired) electrons. The van der Waals surface area contributed by atoms with E-state index in [1.54, 1.807) is 41.2 Å². The molecule has 0 saturated heterocycles. The summed E-state index contributed by atoms with van der Waals surface area (Å²) >= 11 is 6.12. The summed E-state index contributed by atoms with van der Waals surface area (Å²) in [5.74, 6) is -0.299. The fourth-order valence-corrected chi connectivity index (χ4v) is 4.14. The van der Waals surface area contributed by atoms with Crippen molar-refractivity contribution in [1.82, 2.24) is 9.78 Å². The molecule has 160 valence electrons. The second kappa shape index (κ2) is 9.16. The number of sulfone groups is 1. The van der Waals surface area contributed by atoms with E-state index in [2.05, 4.69) is 10.4 Å². The predicted octanol–water partition coefficient (Wildman–Crippen LogP) is 3.70. The van der Waals surface area contributed by atoms with Gasteiger partial charge in [-0.05, 0) is 37.6 Å². The van der Waals surface area contributed by atoms with E-state index in [1.165, 1.54) is 6.07 Å². The van der Waals surface area contributed by atoms with Gasteiger partial charge in [-0.25, -0.2) is 8.42 Å². The standard InChI is InChI=1S/C21H24ClN3O4S/c1-14(2)29-9-8-25-13-17-19(24-25)11-16(12-20(17)30(3,27)28)23-21(26)10-15-6-4-5-7-18(15)22/h4-7,11-14H,8-10H2,1-3H3,(H,23,26). The normalized spacial score (nSPS) is 11.9. The summed E-state index contributed by atoms with van der Waals surface area (Å²) in [7, 11) is -3.53. The molecule has 30 heavy (non-hydrogen) atoms. The molecule has 1 aromatic heterocycles. The highest BCUT2D eigenvalue weighted by molar-refractivity contribution is 7.91. The number of amides is 1. The van der Waals surface area contributed by atoms with Crippen molar-refractivity contribution < 1.29 is 17.9 Å². The number of benzene rings is 2. The monoisotopic (exact) mass is 449 g/mol. The number of hydrogen-bond acceptors (Lipinski definition) is 5. The summed E-state index contributed by atoms with van der Waals surface area (Å²) in [6.07, 6.45) is 3.00. The fraction of sp³-hybridized carbons (Fsp3) is 0.333. The minimum absolute atomic E-state index is 0.0763. The van der Waals surface area contributed by atoms with Crippen molar-refractivity contribution in [3.8, 4) is 0 Å². The van der Waals surface area contributed by atoms with Crippen LogP contribution in [0.3, 0.4) is 0 Å². The van der Waals surface area contributed by atoms with Crippen molar-refractivity contribution >= 4 is 43.9 Å². The first-order chi connectivity index (χ1) is 14.1. The molecule has 2 aromatic carbocycles. The molecule has 3 aromatic rings. The molecule has 0 aliphatic heterocycles. The number of anilines is 1. The Hall–Kier alpha value is -2.42. The summed E-state index contributed by atoms with van der Waals surface area (Å²) in [5, 5.41) is 8.21. The van der Waals surface area contributed by atoms with Crippen molar-refractivity contribution in [2.75, 3.05) is 18.2 Å². The van der Waals surface area contributed by atoms with Crippen LogP contribution in [-0.2, 0) is 32.3 Å². The molecular weight excluding hydrogens is 426 g/mol. The van der Waals surface area contributed by atoms with Crippen LogP contribution in [0.2, 0.25) is 5.02 Å². The van der Waals surface area contributed by atoms with Crippen LogP contribution in [0.25, 0.3) is 10.9 Å². The highest BCUT2D eigenvalue weighted by Crippen LogP contribution is 2.27. The fourth-order valence-electron chi connectivity index (χ4n) is 3.04. The van der Waals surface area contributed by atoms with Crippen molar-refractivity contribution in [2.45, 2.75) is 37.8 Å². The zero-order valence-electron chi connectivity index (χ0n) is 17.1. The second-order valence-corrected chi connectivity index (χ2v) is 9.70. The smallest absolute Gasteiger partial charge is 0.228 e. The van der Waals surface area contributed by atoms with E-state index >= 15 is 0 Å². The molecule has 0 aliphatic rings. The van der Waals surface area contributed by atoms with Gasteiger partial charge in [-0.1, -0.05) is 29.8 Å². The van der Waals surface area contributed by atoms with Crippen LogP contribution in [0.5, 0.6) is 0 Å². The van der Waals surface area contributed by atoms with Crippen molar-refractivity contribution in [3.05, 3.63) is 53.2 Å². The van der Waals surface area contributed by atoms with Crippen LogP contribution >= 0.6 is 11.6 Å². The summed E-state index contributed by atoms with van der Waals surface area (Å²) in [6, 6.07) is 10.2. The topological polar surface area (TPSA) is 90.3 Å². The molecule has 0 atom stereocenters. The van der Waals surface area contributed by atoms with E-state index in [0.29, 0.717) is 40.3 Å². The molecule has 0 saturated carbocycles. The van der Waals surface area contributed by atoms with Gasteiger partial charge in [0.2, 0.25) is 5.91 Å². The van der Waals surface area contributed by atoms with E-state index in [-0.39, 0.29) is 23.3 Å². The van der Waals surface area contributed by atoms with Gasteiger partial charge in [-0.3, -0.25) is 9.48 Å². The molecule has 1 amide bonds. The highest BCUT2D eigenvalue weighted by Gasteiger charge is 2.18. The van der Waals surface area contributed by atoms with Crippen LogP contribution in [0.4, 0.5) is 5.69 Å². The summed E-state index contributed by atoms with van der Waals surface area (Å²) < 4.78 is 31.9. The number of nitrogens with one attached hydrogen (secondary N) is 1. The number of rotatable bonds is 8. The first-order valence-electron chi connectivity index (χ1n) is 9.49. The maximum atomic E-state index is 12.5. The number of carbonyl (C=O) groups excluding carboxylic acids is 1. The predicted molar refractivity (Wildman–Crippen MR) is 118 cm³/mol. The number of ether oxygens (including phenoxy) is 1. The molecule has 3 rings (SSSR count). The third kappa shape index (κ3) is 5.59. The van der Waals surface area contributed by atoms with E-state index in [9.17, 15) is 13.2 Å². The average molecular weight is 450 g/mol. The second-order valence-electron chi connectivity index (χ2n) is 7.31. The molecule has 0 unspecified atom stereocenters. The van der Waals surface area contributed by atoms with Gasteiger partial charge in [-0.15, -0.1) is 0 Å². The Kier molecular flexibility index (Phi) is 6.80. The van der Waals surface area contributed by atoms with E-state index in [1.807, 2.05) is 13.8 Å². The van der Waals surface area contributed by atoms with Gasteiger partial charge < -0.3 is 10.1 Å². The summed E-state index contributed by atoms with van der Waals surface area (Å²) in [6.45, 7) is 4.84. The van der Waals surface area contributed by atoms with Gasteiger partial charge in [0, 0.05) is 28.5 Å². The number of nitrogens with zero attached hydrogens (tertiary/aromatic N) is 2. The average Bonchev–Trinajstić information content (AvgIpc) is 3.04. The van der Waals surface area contributed by atoms with Crippen molar-refractivity contribution in [1.29, 1.82) is 0 Å². The SMILES string of the molecule is CC(C)OCCn1cc2c(S(C)(=O)=O)cc(NC(=O)Cc3ccccc3Cl)cc2n1. The largest absolute Gasteiger partial charge is 0.377 e. The van der Waals surface area contributed by atoms with Gasteiger partial charge in [0.25, 0.3) is 0 Å². The molecule has 7 nitrogen and oxygen atoms in total. The van der Waals surface area contributed by atoms with Crippen molar-refractivity contribution in [3.63, 3.8) is 0 Å². The van der Waals surface area contributed by atoms with Gasteiger partial charge in [0.05, 0.1) is 36.1 Å². The molecular formula is C21H24ClN3O4S. The van der Waals surface area contributed by atoms with E-state index < -0.39 is 9.84 Å². The maximum absolute atomic E-state index is 12.5. The zero-order chi connectivity index (χ0) is 21.9. The molecule has 0 aliphatic carbocycles. The van der Waals surface area contributed by atoms with Gasteiger partial charge in [-0.2, -0.15) is 5.10 Å². The number of fused-ring (bicyclic) bond motifs is 1. The van der Waals surface area contributed by atoms with Crippen LogP contribution in [-0.4, -0.2) is 43.1 Å². The van der Waals surface area contributed by atoms with Crippen LogP contribution in [0.1, 0.15) is 19.4 Å². The number of hydrogen-bond donors (Lipinski definition) is 1. The molecule has 1 N–H and O–H groups in total. The lowest BCUT2D eigenvalue weighted by Gasteiger charge is -2.09. The highest BCUT2D eigenvalue weighted by atomic mass is 35.5. The number of aromatic nitrogens is 2. The van der Waals surface area contributed by atoms with Gasteiger partial charge in [0.15, 0.2) is 9.84 Å². The van der Waals surface area contributed by atoms with E-state index in [0.717, 1.165) is 6.26 Å². The Labute approximate surface area is 180 Å². The summed E-state index contributed by atoms with van der Waals surface area (Å²) in [4.78, 5) is 12.6. The Bertz CT molecular complexity index is 1170. The molecule has 0 fully saturated rings. The third-order valence-corrected chi connectivity index (χ3v) is 5.90. The number of halogens is 1. The van der Waals surface area contributed by atoms with Crippen LogP contribution in [0, 0.1) is 0 Å². The lowest BCUT2D eigenvalue weighted by atomic mass is 10.1. The molecule has 1 heterocycles. The first-order valence-corrected chi connectivity index (χ1v) is 11.8. The quantitative estimate of drug-likeness (QED) is 0.566. The van der Waals surface area contributed by atoms with Gasteiger partial charge in [0.1, 0.15) is 0 Å². The molecule has 0 spiro atoms. The zero-order valence-corrected chi connectivity index (χ0v) is 18.6. The van der Waals surface area contributed by atoms with Crippen LogP contribution < -0.4 is 5.32 Å². The lowest BCUT2D eigenvalue weighted by Crippen LogP contribution is -2.15. The number of carbonyl (C=O) groups is 1. The Morgan fingerprint density at radius 1 is 1.27 bits per heavy atom. The molecule has 0 bridgehead atoms. The van der Waals surface area contributed by atoms with Crippen LogP contribution in [0.15, 0.2) is 47.5 Å². The van der Waals surface area contributed by atoms with Gasteiger partial charge >= 0.3 is 0 Å². The third-order valence-electron chi connectivity index (χ3n) is 4.40.